The van der Waals surface area contributed by atoms with E-state index < -0.39 is 0 Å². The third-order valence-electron chi connectivity index (χ3n) is 4.01. The van der Waals surface area contributed by atoms with Gasteiger partial charge in [-0.3, -0.25) is 9.59 Å². The van der Waals surface area contributed by atoms with Crippen molar-refractivity contribution in [2.24, 2.45) is 0 Å². The number of ketones is 1. The highest BCUT2D eigenvalue weighted by atomic mass is 35.5. The molecule has 0 radical (unpaired) electrons. The summed E-state index contributed by atoms with van der Waals surface area (Å²) < 4.78 is 0. The summed E-state index contributed by atoms with van der Waals surface area (Å²) in [5.41, 5.74) is 2.23. The molecule has 0 heterocycles. The van der Waals surface area contributed by atoms with E-state index in [4.69, 9.17) is 23.2 Å². The maximum atomic E-state index is 12.9. The third-order valence-corrected chi connectivity index (χ3v) is 5.59. The smallest absolute Gasteiger partial charge is 0.234 e. The second-order valence-electron chi connectivity index (χ2n) is 6.15. The van der Waals surface area contributed by atoms with Crippen molar-refractivity contribution in [1.82, 2.24) is 0 Å². The minimum absolute atomic E-state index is 0.207. The lowest BCUT2D eigenvalue weighted by Crippen LogP contribution is -2.17. The highest BCUT2D eigenvalue weighted by molar-refractivity contribution is 8.00. The van der Waals surface area contributed by atoms with Gasteiger partial charge in [0.05, 0.1) is 16.5 Å². The monoisotopic (exact) mass is 429 g/mol. The Hall–Kier alpha value is -2.27. The number of benzene rings is 3. The van der Waals surface area contributed by atoms with Crippen LogP contribution in [0.2, 0.25) is 10.0 Å². The van der Waals surface area contributed by atoms with Gasteiger partial charge in [-0.2, -0.15) is 0 Å². The summed E-state index contributed by atoms with van der Waals surface area (Å²) in [7, 11) is 0. The Kier molecular flexibility index (Phi) is 6.79. The summed E-state index contributed by atoms with van der Waals surface area (Å²) in [6.45, 7) is 2.01. The largest absolute Gasteiger partial charge is 0.325 e. The number of hydrogen-bond acceptors (Lipinski definition) is 3. The van der Waals surface area contributed by atoms with Crippen LogP contribution in [0.25, 0.3) is 0 Å². The molecule has 0 fully saturated rings. The Balaban J connectivity index is 1.77. The van der Waals surface area contributed by atoms with Crippen molar-refractivity contribution in [3.05, 3.63) is 93.5 Å². The molecule has 1 amide bonds. The lowest BCUT2D eigenvalue weighted by molar-refractivity contribution is -0.113. The summed E-state index contributed by atoms with van der Waals surface area (Å²) >= 11 is 13.7. The Bertz CT molecular complexity index is 1020. The number of carbonyl (C=O) groups is 2. The molecule has 0 unspecified atom stereocenters. The topological polar surface area (TPSA) is 46.2 Å². The number of aryl methyl sites for hydroxylation is 1. The van der Waals surface area contributed by atoms with Crippen molar-refractivity contribution in [3.63, 3.8) is 0 Å². The fourth-order valence-electron chi connectivity index (χ4n) is 2.57. The lowest BCUT2D eigenvalue weighted by Gasteiger charge is -2.12. The number of amides is 1. The van der Waals surface area contributed by atoms with Gasteiger partial charge >= 0.3 is 0 Å². The van der Waals surface area contributed by atoms with Crippen LogP contribution < -0.4 is 5.32 Å². The van der Waals surface area contributed by atoms with Crippen molar-refractivity contribution in [3.8, 4) is 0 Å². The second kappa shape index (κ2) is 9.28. The first-order valence-electron chi connectivity index (χ1n) is 8.52. The molecule has 6 heteroatoms. The number of anilines is 1. The number of carbonyl (C=O) groups excluding carboxylic acids is 2. The molecule has 0 spiro atoms. The molecule has 0 aliphatic rings. The van der Waals surface area contributed by atoms with Crippen LogP contribution in [0.15, 0.2) is 71.6 Å². The summed E-state index contributed by atoms with van der Waals surface area (Å²) in [5, 5.41) is 3.56. The first kappa shape index (κ1) is 20.5. The molecule has 142 valence electrons. The average Bonchev–Trinajstić information content (AvgIpc) is 2.69. The number of hydrogen-bond donors (Lipinski definition) is 1. The molecular formula is C22H17Cl2NO2S. The van der Waals surface area contributed by atoms with Gasteiger partial charge in [-0.15, -0.1) is 11.8 Å². The molecule has 0 aliphatic heterocycles. The van der Waals surface area contributed by atoms with Crippen LogP contribution in [0, 0.1) is 6.92 Å². The van der Waals surface area contributed by atoms with Crippen molar-refractivity contribution in [2.75, 3.05) is 11.1 Å². The standard InChI is InChI=1S/C22H17Cl2NO2S/c1-14-6-9-16(10-7-14)28-13-21(26)25-20-11-8-15(23)12-18(20)22(27)17-4-2-3-5-19(17)24/h2-12H,13H2,1H3,(H,25,26). The summed E-state index contributed by atoms with van der Waals surface area (Å²) in [4.78, 5) is 26.4. The highest BCUT2D eigenvalue weighted by Gasteiger charge is 2.18. The van der Waals surface area contributed by atoms with E-state index in [1.807, 2.05) is 31.2 Å². The molecule has 0 atom stereocenters. The normalized spacial score (nSPS) is 10.5. The van der Waals surface area contributed by atoms with E-state index in [-0.39, 0.29) is 17.4 Å². The van der Waals surface area contributed by atoms with Gasteiger partial charge in [0.15, 0.2) is 5.78 Å². The molecule has 0 aliphatic carbocycles. The summed E-state index contributed by atoms with van der Waals surface area (Å²) in [6.07, 6.45) is 0. The minimum Gasteiger partial charge on any atom is -0.325 e. The number of rotatable bonds is 6. The van der Waals surface area contributed by atoms with Gasteiger partial charge in [-0.25, -0.2) is 0 Å². The third kappa shape index (κ3) is 5.16. The zero-order chi connectivity index (χ0) is 20.1. The van der Waals surface area contributed by atoms with Gasteiger partial charge in [-0.05, 0) is 49.4 Å². The molecule has 0 saturated carbocycles. The Morgan fingerprint density at radius 1 is 0.929 bits per heavy atom. The van der Waals surface area contributed by atoms with Gasteiger partial charge in [0, 0.05) is 21.0 Å². The maximum Gasteiger partial charge on any atom is 0.234 e. The summed E-state index contributed by atoms with van der Waals surface area (Å²) in [5.74, 6) is -0.276. The predicted molar refractivity (Wildman–Crippen MR) is 117 cm³/mol. The molecule has 3 aromatic rings. The summed E-state index contributed by atoms with van der Waals surface area (Å²) in [6, 6.07) is 19.5. The van der Waals surface area contributed by atoms with Crippen molar-refractivity contribution >= 4 is 52.3 Å². The predicted octanol–water partition coefficient (Wildman–Crippen LogP) is 6.26. The van der Waals surface area contributed by atoms with Gasteiger partial charge in [0.25, 0.3) is 0 Å². The number of nitrogens with one attached hydrogen (secondary N) is 1. The number of thioether (sulfide) groups is 1. The van der Waals surface area contributed by atoms with Crippen molar-refractivity contribution in [2.45, 2.75) is 11.8 Å². The molecule has 3 aromatic carbocycles. The van der Waals surface area contributed by atoms with E-state index in [1.165, 1.54) is 17.8 Å². The Labute approximate surface area is 178 Å². The number of halogens is 2. The highest BCUT2D eigenvalue weighted by Crippen LogP contribution is 2.27. The van der Waals surface area contributed by atoms with E-state index in [2.05, 4.69) is 5.32 Å². The van der Waals surface area contributed by atoms with E-state index in [0.717, 1.165) is 10.5 Å². The van der Waals surface area contributed by atoms with Crippen LogP contribution in [0.1, 0.15) is 21.5 Å². The van der Waals surface area contributed by atoms with Crippen LogP contribution in [-0.4, -0.2) is 17.4 Å². The average molecular weight is 430 g/mol. The zero-order valence-electron chi connectivity index (χ0n) is 15.0. The first-order valence-corrected chi connectivity index (χ1v) is 10.3. The van der Waals surface area contributed by atoms with E-state index in [1.54, 1.807) is 36.4 Å². The molecule has 3 nitrogen and oxygen atoms in total. The van der Waals surface area contributed by atoms with Gasteiger partial charge in [-0.1, -0.05) is 53.0 Å². The van der Waals surface area contributed by atoms with Crippen LogP contribution >= 0.6 is 35.0 Å². The van der Waals surface area contributed by atoms with E-state index >= 15 is 0 Å². The van der Waals surface area contributed by atoms with Crippen LogP contribution in [0.5, 0.6) is 0 Å². The molecule has 0 aromatic heterocycles. The molecule has 3 rings (SSSR count). The maximum absolute atomic E-state index is 12.9. The SMILES string of the molecule is Cc1ccc(SCC(=O)Nc2ccc(Cl)cc2C(=O)c2ccccc2Cl)cc1. The quantitative estimate of drug-likeness (QED) is 0.371. The first-order chi connectivity index (χ1) is 13.4. The Morgan fingerprint density at radius 2 is 1.64 bits per heavy atom. The van der Waals surface area contributed by atoms with Crippen LogP contribution in [0.4, 0.5) is 5.69 Å². The van der Waals surface area contributed by atoms with E-state index in [9.17, 15) is 9.59 Å². The lowest BCUT2D eigenvalue weighted by atomic mass is 10.0. The molecule has 0 saturated heterocycles. The molecule has 28 heavy (non-hydrogen) atoms. The van der Waals surface area contributed by atoms with Crippen molar-refractivity contribution in [1.29, 1.82) is 0 Å². The zero-order valence-corrected chi connectivity index (χ0v) is 17.4. The van der Waals surface area contributed by atoms with Gasteiger partial charge in [0.2, 0.25) is 5.91 Å². The van der Waals surface area contributed by atoms with Crippen LogP contribution in [0.3, 0.4) is 0 Å². The Morgan fingerprint density at radius 3 is 2.36 bits per heavy atom. The fraction of sp³-hybridized carbons (Fsp3) is 0.0909. The fourth-order valence-corrected chi connectivity index (χ4v) is 3.67. The minimum atomic E-state index is -0.297. The van der Waals surface area contributed by atoms with Crippen molar-refractivity contribution < 1.29 is 9.59 Å². The van der Waals surface area contributed by atoms with Gasteiger partial charge in [0.1, 0.15) is 0 Å². The molecular weight excluding hydrogens is 413 g/mol. The van der Waals surface area contributed by atoms with Gasteiger partial charge < -0.3 is 5.32 Å². The van der Waals surface area contributed by atoms with E-state index in [0.29, 0.717) is 26.9 Å². The molecule has 0 bridgehead atoms. The second-order valence-corrected chi connectivity index (χ2v) is 8.04. The molecule has 1 N–H and O–H groups in total. The van der Waals surface area contributed by atoms with Crippen LogP contribution in [-0.2, 0) is 4.79 Å².